The van der Waals surface area contributed by atoms with E-state index in [1.165, 1.54) is 29.2 Å². The number of nitrogens with zero attached hydrogens (tertiary/aromatic N) is 3. The first-order valence-electron chi connectivity index (χ1n) is 15.0. The largest absolute Gasteiger partial charge is 0.507 e. The molecule has 2 aliphatic heterocycles. The van der Waals surface area contributed by atoms with Gasteiger partial charge in [0.15, 0.2) is 0 Å². The maximum absolute atomic E-state index is 14.5. The average molecular weight is 606 g/mol. The van der Waals surface area contributed by atoms with E-state index in [1.807, 2.05) is 31.2 Å². The number of fused-ring (bicyclic) bond motifs is 4. The zero-order valence-corrected chi connectivity index (χ0v) is 25.0. The Morgan fingerprint density at radius 1 is 0.844 bits per heavy atom. The predicted octanol–water partition coefficient (Wildman–Crippen LogP) is 5.35. The molecule has 2 saturated heterocycles. The summed E-state index contributed by atoms with van der Waals surface area (Å²) in [4.78, 5) is 69.9. The fraction of sp³-hybridized carbons (Fsp3) is 0.314. The van der Waals surface area contributed by atoms with Gasteiger partial charge in [0.25, 0.3) is 5.69 Å². The summed E-state index contributed by atoms with van der Waals surface area (Å²) < 4.78 is 0. The number of nitro benzene ring substituents is 1. The third-order valence-corrected chi connectivity index (χ3v) is 10.4. The summed E-state index contributed by atoms with van der Waals surface area (Å²) in [6.45, 7) is 5.39. The molecule has 0 unspecified atom stereocenters. The zero-order valence-electron chi connectivity index (χ0n) is 25.0. The third-order valence-electron chi connectivity index (χ3n) is 10.4. The minimum Gasteiger partial charge on any atom is -0.507 e. The van der Waals surface area contributed by atoms with Gasteiger partial charge in [-0.2, -0.15) is 0 Å². The molecule has 10 nitrogen and oxygen atoms in total. The molecule has 0 aromatic heterocycles. The molecule has 2 aliphatic carbocycles. The Bertz CT molecular complexity index is 1840. The molecule has 0 bridgehead atoms. The van der Waals surface area contributed by atoms with Gasteiger partial charge >= 0.3 is 0 Å². The molecule has 0 spiro atoms. The lowest BCUT2D eigenvalue weighted by Gasteiger charge is -2.49. The number of anilines is 2. The van der Waals surface area contributed by atoms with E-state index in [4.69, 9.17) is 0 Å². The van der Waals surface area contributed by atoms with Crippen molar-refractivity contribution in [1.82, 2.24) is 0 Å². The van der Waals surface area contributed by atoms with Crippen molar-refractivity contribution >= 4 is 40.7 Å². The summed E-state index contributed by atoms with van der Waals surface area (Å²) in [5, 5.41) is 22.1. The van der Waals surface area contributed by atoms with E-state index in [1.54, 1.807) is 38.1 Å². The van der Waals surface area contributed by atoms with Gasteiger partial charge in [-0.1, -0.05) is 48.0 Å². The smallest absolute Gasteiger partial charge is 0.271 e. The van der Waals surface area contributed by atoms with Crippen molar-refractivity contribution in [2.75, 3.05) is 9.80 Å². The lowest BCUT2D eigenvalue weighted by Crippen LogP contribution is -2.49. The lowest BCUT2D eigenvalue weighted by molar-refractivity contribution is -0.384. The Morgan fingerprint density at radius 3 is 2.18 bits per heavy atom. The van der Waals surface area contributed by atoms with Crippen molar-refractivity contribution in [2.45, 2.75) is 39.5 Å². The van der Waals surface area contributed by atoms with Gasteiger partial charge in [0.1, 0.15) is 5.75 Å². The van der Waals surface area contributed by atoms with E-state index in [0.717, 1.165) is 16.0 Å². The van der Waals surface area contributed by atoms with Gasteiger partial charge in [0.2, 0.25) is 23.6 Å². The summed E-state index contributed by atoms with van der Waals surface area (Å²) in [5.74, 6) is -4.80. The fourth-order valence-electron chi connectivity index (χ4n) is 8.37. The third kappa shape index (κ3) is 3.94. The number of phenols is 1. The number of imide groups is 2. The number of phenolic OH excluding ortho intramolecular Hbond substituents is 1. The molecule has 4 aliphatic rings. The fourth-order valence-corrected chi connectivity index (χ4v) is 8.37. The SMILES string of the molecule is Cc1cc([C@H]2C3=CC[C@@H]4C(=O)N(c5cccc([N+](=O)[O-])c5)C(=O)[C@@H]4[C@@H]3C[C@H]3C(=O)N(c4ccccc4)C(=O)[C@@]23C)cc(C)c1O. The van der Waals surface area contributed by atoms with Crippen molar-refractivity contribution in [2.24, 2.45) is 29.1 Å². The molecular formula is C35H31N3O7. The number of rotatable bonds is 4. The van der Waals surface area contributed by atoms with Crippen LogP contribution in [0.2, 0.25) is 0 Å². The van der Waals surface area contributed by atoms with E-state index in [-0.39, 0.29) is 41.8 Å². The molecule has 6 atom stereocenters. The molecule has 1 saturated carbocycles. The molecular weight excluding hydrogens is 574 g/mol. The predicted molar refractivity (Wildman–Crippen MR) is 164 cm³/mol. The number of benzene rings is 3. The first-order chi connectivity index (χ1) is 21.4. The van der Waals surface area contributed by atoms with Gasteiger partial charge in [-0.15, -0.1) is 0 Å². The highest BCUT2D eigenvalue weighted by molar-refractivity contribution is 6.25. The highest BCUT2D eigenvalue weighted by atomic mass is 16.6. The number of hydrogen-bond acceptors (Lipinski definition) is 7. The van der Waals surface area contributed by atoms with Crippen LogP contribution in [0, 0.1) is 53.0 Å². The van der Waals surface area contributed by atoms with Crippen molar-refractivity contribution in [3.63, 3.8) is 0 Å². The van der Waals surface area contributed by atoms with Gasteiger partial charge < -0.3 is 5.11 Å². The van der Waals surface area contributed by atoms with Gasteiger partial charge in [-0.3, -0.25) is 29.3 Å². The topological polar surface area (TPSA) is 138 Å². The summed E-state index contributed by atoms with van der Waals surface area (Å²) in [6, 6.07) is 17.9. The molecule has 3 aromatic rings. The van der Waals surface area contributed by atoms with Gasteiger partial charge in [-0.25, -0.2) is 9.80 Å². The Hall–Kier alpha value is -5.12. The van der Waals surface area contributed by atoms with Gasteiger partial charge in [-0.05, 0) is 74.4 Å². The Morgan fingerprint density at radius 2 is 1.51 bits per heavy atom. The summed E-state index contributed by atoms with van der Waals surface area (Å²) in [5.41, 5.74) is 2.03. The average Bonchev–Trinajstić information content (AvgIpc) is 3.39. The molecule has 4 amide bonds. The molecule has 3 aromatic carbocycles. The standard InChI is InChI=1S/C35H31N3O7/c1-18-14-20(15-19(2)30(18)39)29-24-12-13-25-28(33(42)36(31(25)40)22-10-7-11-23(16-22)38(44)45)26(24)17-27-32(41)37(34(43)35(27,29)3)21-8-5-4-6-9-21/h4-12,14-16,25-29,39H,13,17H2,1-3H3/t25-,26+,27-,28-,29-,35+/m0/s1. The maximum Gasteiger partial charge on any atom is 0.271 e. The van der Waals surface area contributed by atoms with Crippen LogP contribution in [0.4, 0.5) is 17.1 Å². The number of aromatic hydroxyl groups is 1. The quantitative estimate of drug-likeness (QED) is 0.183. The van der Waals surface area contributed by atoms with Crippen LogP contribution < -0.4 is 9.80 Å². The van der Waals surface area contributed by atoms with Gasteiger partial charge in [0, 0.05) is 18.1 Å². The second-order valence-corrected chi connectivity index (χ2v) is 12.8. The van der Waals surface area contributed by atoms with E-state index in [0.29, 0.717) is 16.8 Å². The van der Waals surface area contributed by atoms with Crippen molar-refractivity contribution < 1.29 is 29.2 Å². The van der Waals surface area contributed by atoms with Crippen molar-refractivity contribution in [3.8, 4) is 5.75 Å². The van der Waals surface area contributed by atoms with Crippen LogP contribution in [0.3, 0.4) is 0 Å². The minimum atomic E-state index is -1.19. The van der Waals surface area contributed by atoms with Gasteiger partial charge in [0.05, 0.1) is 39.5 Å². The van der Waals surface area contributed by atoms with Crippen LogP contribution in [-0.4, -0.2) is 33.7 Å². The van der Waals surface area contributed by atoms with Crippen molar-refractivity contribution in [1.29, 1.82) is 0 Å². The minimum absolute atomic E-state index is 0.138. The monoisotopic (exact) mass is 605 g/mol. The molecule has 3 fully saturated rings. The molecule has 228 valence electrons. The highest BCUT2D eigenvalue weighted by Gasteiger charge is 2.67. The lowest BCUT2D eigenvalue weighted by atomic mass is 9.51. The zero-order chi connectivity index (χ0) is 31.9. The molecule has 1 N–H and O–H groups in total. The number of hydrogen-bond donors (Lipinski definition) is 1. The van der Waals surface area contributed by atoms with E-state index < -0.39 is 51.7 Å². The number of carbonyl (C=O) groups excluding carboxylic acids is 4. The Kier molecular flexibility index (Phi) is 6.33. The highest BCUT2D eigenvalue weighted by Crippen LogP contribution is 2.64. The van der Waals surface area contributed by atoms with E-state index in [9.17, 15) is 34.4 Å². The second-order valence-electron chi connectivity index (χ2n) is 12.8. The summed E-state index contributed by atoms with van der Waals surface area (Å²) >= 11 is 0. The molecule has 7 rings (SSSR count). The number of allylic oxidation sites excluding steroid dienone is 2. The van der Waals surface area contributed by atoms with Crippen LogP contribution in [-0.2, 0) is 19.2 Å². The maximum atomic E-state index is 14.5. The first-order valence-corrected chi connectivity index (χ1v) is 15.0. The van der Waals surface area contributed by atoms with Crippen LogP contribution in [0.1, 0.15) is 42.4 Å². The molecule has 45 heavy (non-hydrogen) atoms. The Labute approximate surface area is 259 Å². The number of amides is 4. The summed E-state index contributed by atoms with van der Waals surface area (Å²) in [6.07, 6.45) is 2.41. The van der Waals surface area contributed by atoms with Crippen LogP contribution in [0.15, 0.2) is 78.4 Å². The van der Waals surface area contributed by atoms with Crippen molar-refractivity contribution in [3.05, 3.63) is 105 Å². The molecule has 0 radical (unpaired) electrons. The number of nitro groups is 1. The van der Waals surface area contributed by atoms with E-state index >= 15 is 0 Å². The van der Waals surface area contributed by atoms with Crippen LogP contribution in [0.5, 0.6) is 5.75 Å². The number of aryl methyl sites for hydroxylation is 2. The van der Waals surface area contributed by atoms with Crippen LogP contribution >= 0.6 is 0 Å². The van der Waals surface area contributed by atoms with E-state index in [2.05, 4.69) is 0 Å². The van der Waals surface area contributed by atoms with Crippen LogP contribution in [0.25, 0.3) is 0 Å². The number of carbonyl (C=O) groups is 4. The molecule has 10 heteroatoms. The first kappa shape index (κ1) is 28.6. The number of non-ortho nitro benzene ring substituents is 1. The Balaban J connectivity index is 1.37. The number of para-hydroxylation sites is 1. The normalized spacial score (nSPS) is 29.0. The second kappa shape index (κ2) is 9.95. The summed E-state index contributed by atoms with van der Waals surface area (Å²) in [7, 11) is 0. The molecule has 2 heterocycles.